The molecule has 0 saturated carbocycles. The Balaban J connectivity index is 1.92. The second-order valence-electron chi connectivity index (χ2n) is 9.10. The molecule has 2 aromatic heterocycles. The number of hydrogen-bond acceptors (Lipinski definition) is 6. The summed E-state index contributed by atoms with van der Waals surface area (Å²) in [4.78, 5) is 39.4. The Labute approximate surface area is 189 Å². The first kappa shape index (κ1) is 22.3. The Kier molecular flexibility index (Phi) is 5.31. The number of carboxylic acids is 2. The maximum absolute atomic E-state index is 12.5. The Morgan fingerprint density at radius 1 is 1.18 bits per heavy atom. The number of aromatic nitrogens is 4. The van der Waals surface area contributed by atoms with Gasteiger partial charge in [0, 0.05) is 23.9 Å². The van der Waals surface area contributed by atoms with Crippen LogP contribution in [0.3, 0.4) is 0 Å². The number of carboxylic acid groups (broad SMARTS) is 2. The number of rotatable bonds is 5. The minimum Gasteiger partial charge on any atom is -0.496 e. The summed E-state index contributed by atoms with van der Waals surface area (Å²) in [5, 5.41) is 22.7. The maximum atomic E-state index is 12.5. The van der Waals surface area contributed by atoms with Gasteiger partial charge >= 0.3 is 11.9 Å². The number of hydrogen-bond donors (Lipinski definition) is 2. The van der Waals surface area contributed by atoms with Crippen LogP contribution in [-0.2, 0) is 17.8 Å². The Bertz CT molecular complexity index is 1330. The van der Waals surface area contributed by atoms with Crippen molar-refractivity contribution >= 4 is 11.9 Å². The molecule has 0 fully saturated rings. The molecule has 1 aromatic carbocycles. The van der Waals surface area contributed by atoms with E-state index in [1.54, 1.807) is 6.07 Å². The van der Waals surface area contributed by atoms with Gasteiger partial charge in [0.1, 0.15) is 24.2 Å². The molecule has 3 aromatic rings. The van der Waals surface area contributed by atoms with Gasteiger partial charge in [-0.05, 0) is 29.5 Å². The normalized spacial score (nSPS) is 15.0. The fourth-order valence-electron chi connectivity index (χ4n) is 4.22. The lowest BCUT2D eigenvalue weighted by molar-refractivity contribution is -0.137. The molecule has 10 nitrogen and oxygen atoms in total. The van der Waals surface area contributed by atoms with E-state index >= 15 is 0 Å². The lowest BCUT2D eigenvalue weighted by atomic mass is 9.78. The molecule has 0 amide bonds. The lowest BCUT2D eigenvalue weighted by Gasteiger charge is -2.39. The number of benzene rings is 1. The van der Waals surface area contributed by atoms with Crippen molar-refractivity contribution in [2.75, 3.05) is 7.11 Å². The topological polar surface area (TPSA) is 137 Å². The van der Waals surface area contributed by atoms with E-state index in [0.717, 1.165) is 11.1 Å². The van der Waals surface area contributed by atoms with Gasteiger partial charge in [0.05, 0.1) is 18.4 Å². The minimum absolute atomic E-state index is 0.113. The van der Waals surface area contributed by atoms with E-state index in [9.17, 15) is 19.5 Å². The van der Waals surface area contributed by atoms with E-state index in [2.05, 4.69) is 30.9 Å². The first-order valence-corrected chi connectivity index (χ1v) is 10.3. The van der Waals surface area contributed by atoms with Crippen molar-refractivity contribution in [1.29, 1.82) is 0 Å². The average molecular weight is 452 g/mol. The van der Waals surface area contributed by atoms with Crippen LogP contribution in [0.5, 0.6) is 5.75 Å². The van der Waals surface area contributed by atoms with Crippen LogP contribution in [0.1, 0.15) is 42.7 Å². The zero-order chi connectivity index (χ0) is 24.1. The fourth-order valence-corrected chi connectivity index (χ4v) is 4.22. The van der Waals surface area contributed by atoms with Gasteiger partial charge < -0.3 is 19.5 Å². The number of fused-ring (bicyclic) bond motifs is 3. The summed E-state index contributed by atoms with van der Waals surface area (Å²) in [6.07, 6.45) is 3.36. The van der Waals surface area contributed by atoms with Crippen LogP contribution in [0, 0.1) is 5.41 Å². The van der Waals surface area contributed by atoms with Gasteiger partial charge in [0.2, 0.25) is 0 Å². The number of methoxy groups -OCH3 is 1. The highest BCUT2D eigenvalue weighted by Gasteiger charge is 2.34. The maximum Gasteiger partial charge on any atom is 0.341 e. The Morgan fingerprint density at radius 3 is 2.52 bits per heavy atom. The van der Waals surface area contributed by atoms with Crippen LogP contribution in [0.4, 0.5) is 0 Å². The molecular weight excluding hydrogens is 428 g/mol. The quantitative estimate of drug-likeness (QED) is 0.603. The van der Waals surface area contributed by atoms with E-state index < -0.39 is 17.4 Å². The molecule has 1 aliphatic rings. The molecule has 3 heterocycles. The van der Waals surface area contributed by atoms with Gasteiger partial charge in [-0.25, -0.2) is 14.5 Å². The summed E-state index contributed by atoms with van der Waals surface area (Å²) in [7, 11) is 1.50. The highest BCUT2D eigenvalue weighted by Crippen LogP contribution is 2.45. The van der Waals surface area contributed by atoms with Crippen LogP contribution in [0.15, 0.2) is 35.5 Å². The number of aromatic carboxylic acids is 1. The molecule has 1 aliphatic heterocycles. The van der Waals surface area contributed by atoms with Gasteiger partial charge in [-0.1, -0.05) is 20.8 Å². The second kappa shape index (κ2) is 7.88. The van der Waals surface area contributed by atoms with Crippen LogP contribution < -0.4 is 10.2 Å². The summed E-state index contributed by atoms with van der Waals surface area (Å²) in [5.74, 6) is -1.51. The monoisotopic (exact) mass is 452 g/mol. The first-order valence-electron chi connectivity index (χ1n) is 10.3. The second-order valence-corrected chi connectivity index (χ2v) is 9.10. The molecule has 10 heteroatoms. The third-order valence-corrected chi connectivity index (χ3v) is 5.83. The van der Waals surface area contributed by atoms with Crippen molar-refractivity contribution in [3.05, 3.63) is 52.1 Å². The van der Waals surface area contributed by atoms with Crippen molar-refractivity contribution in [3.63, 3.8) is 0 Å². The summed E-state index contributed by atoms with van der Waals surface area (Å²) in [6, 6.07) is 4.93. The van der Waals surface area contributed by atoms with Crippen molar-refractivity contribution in [2.45, 2.75) is 39.8 Å². The number of aliphatic carboxylic acids is 1. The highest BCUT2D eigenvalue weighted by atomic mass is 16.5. The van der Waals surface area contributed by atoms with E-state index in [1.165, 1.54) is 30.4 Å². The summed E-state index contributed by atoms with van der Waals surface area (Å²) in [6.45, 7) is 5.87. The van der Waals surface area contributed by atoms with Crippen LogP contribution >= 0.6 is 0 Å². The van der Waals surface area contributed by atoms with Crippen molar-refractivity contribution in [3.8, 4) is 28.4 Å². The van der Waals surface area contributed by atoms with Gasteiger partial charge in [0.15, 0.2) is 11.3 Å². The third kappa shape index (κ3) is 3.99. The molecule has 33 heavy (non-hydrogen) atoms. The Hall–Kier alpha value is -3.95. The average Bonchev–Trinajstić information content (AvgIpc) is 3.18. The molecule has 0 spiro atoms. The first-order chi connectivity index (χ1) is 15.5. The third-order valence-electron chi connectivity index (χ3n) is 5.83. The van der Waals surface area contributed by atoms with Gasteiger partial charge in [-0.3, -0.25) is 9.59 Å². The van der Waals surface area contributed by atoms with Crippen LogP contribution in [-0.4, -0.2) is 48.6 Å². The molecule has 1 unspecified atom stereocenters. The molecule has 0 aliphatic carbocycles. The summed E-state index contributed by atoms with van der Waals surface area (Å²) < 4.78 is 8.67. The van der Waals surface area contributed by atoms with Crippen molar-refractivity contribution < 1.29 is 24.5 Å². The predicted octanol–water partition coefficient (Wildman–Crippen LogP) is 2.71. The lowest BCUT2D eigenvalue weighted by Crippen LogP contribution is -2.32. The molecule has 4 rings (SSSR count). The van der Waals surface area contributed by atoms with Gasteiger partial charge in [-0.15, -0.1) is 0 Å². The molecule has 172 valence electrons. The SMILES string of the molecule is COc1cc2c(cc1-c1ncn(CC(=O)O)n1)CC(C(C)(C)C)n1cc(C(=O)O)c(=O)cc1-2. The van der Waals surface area contributed by atoms with Crippen molar-refractivity contribution in [2.24, 2.45) is 5.41 Å². The van der Waals surface area contributed by atoms with Gasteiger partial charge in [-0.2, -0.15) is 5.10 Å². The van der Waals surface area contributed by atoms with Gasteiger partial charge in [0.25, 0.3) is 0 Å². The standard InChI is InChI=1S/C23H24N4O6/c1-23(2,3)19-6-12-5-14(21-24-11-26(25-21)10-20(29)30)18(33-4)7-13(12)16-8-17(28)15(22(31)32)9-27(16)19/h5,7-9,11,19H,6,10H2,1-4H3,(H,29,30)(H,31,32). The van der Waals surface area contributed by atoms with Crippen LogP contribution in [0.25, 0.3) is 22.6 Å². The van der Waals surface area contributed by atoms with Crippen molar-refractivity contribution in [1.82, 2.24) is 19.3 Å². The van der Waals surface area contributed by atoms with E-state index in [1.807, 2.05) is 10.6 Å². The van der Waals surface area contributed by atoms with E-state index in [0.29, 0.717) is 29.3 Å². The number of pyridine rings is 1. The smallest absolute Gasteiger partial charge is 0.341 e. The Morgan fingerprint density at radius 2 is 1.91 bits per heavy atom. The highest BCUT2D eigenvalue weighted by molar-refractivity contribution is 5.88. The largest absolute Gasteiger partial charge is 0.496 e. The zero-order valence-electron chi connectivity index (χ0n) is 18.7. The zero-order valence-corrected chi connectivity index (χ0v) is 18.7. The summed E-state index contributed by atoms with van der Waals surface area (Å²) >= 11 is 0. The summed E-state index contributed by atoms with van der Waals surface area (Å²) in [5.41, 5.74) is 1.84. The molecule has 1 atom stereocenters. The molecule has 0 bridgehead atoms. The molecular formula is C23H24N4O6. The molecule has 0 saturated heterocycles. The number of carbonyl (C=O) groups is 2. The predicted molar refractivity (Wildman–Crippen MR) is 118 cm³/mol. The molecule has 2 N–H and O–H groups in total. The van der Waals surface area contributed by atoms with E-state index in [-0.39, 0.29) is 23.6 Å². The number of ether oxygens (including phenoxy) is 1. The fraction of sp³-hybridized carbons (Fsp3) is 0.348. The number of nitrogens with zero attached hydrogens (tertiary/aromatic N) is 4. The van der Waals surface area contributed by atoms with E-state index in [4.69, 9.17) is 9.84 Å². The molecule has 0 radical (unpaired) electrons. The minimum atomic E-state index is -1.26. The van der Waals surface area contributed by atoms with Crippen LogP contribution in [0.2, 0.25) is 0 Å².